The molecule has 0 atom stereocenters. The Labute approximate surface area is 261 Å². The molecule has 0 heterocycles. The molecule has 0 amide bonds. The Hall–Kier alpha value is -4.88. The first-order chi connectivity index (χ1) is 21.3. The van der Waals surface area contributed by atoms with Gasteiger partial charge in [-0.15, -0.1) is 0 Å². The summed E-state index contributed by atoms with van der Waals surface area (Å²) in [5, 5.41) is 0. The molecule has 0 saturated heterocycles. The van der Waals surface area contributed by atoms with E-state index < -0.39 is 0 Å². The summed E-state index contributed by atoms with van der Waals surface area (Å²) < 4.78 is 0. The lowest BCUT2D eigenvalue weighted by Crippen LogP contribution is -2.26. The molecular formula is C43H37N. The molecule has 2 aliphatic rings. The molecular weight excluding hydrogens is 530 g/mol. The van der Waals surface area contributed by atoms with Gasteiger partial charge in [-0.1, -0.05) is 131 Å². The summed E-state index contributed by atoms with van der Waals surface area (Å²) >= 11 is 0. The van der Waals surface area contributed by atoms with E-state index in [1.54, 1.807) is 0 Å². The summed E-state index contributed by atoms with van der Waals surface area (Å²) in [5.74, 6) is 0. The number of anilines is 3. The maximum absolute atomic E-state index is 2.56. The average molecular weight is 568 g/mol. The van der Waals surface area contributed by atoms with Gasteiger partial charge in [-0.2, -0.15) is 0 Å². The summed E-state index contributed by atoms with van der Waals surface area (Å²) in [6.07, 6.45) is 0. The van der Waals surface area contributed by atoms with Gasteiger partial charge in [0.05, 0.1) is 5.69 Å². The Bertz CT molecular complexity index is 1980. The molecule has 0 unspecified atom stereocenters. The van der Waals surface area contributed by atoms with Crippen molar-refractivity contribution in [2.24, 2.45) is 0 Å². The number of rotatable bonds is 4. The minimum Gasteiger partial charge on any atom is -0.310 e. The van der Waals surface area contributed by atoms with Gasteiger partial charge in [-0.05, 0) is 98.5 Å². The molecule has 0 aliphatic heterocycles. The molecule has 2 aliphatic carbocycles. The third-order valence-electron chi connectivity index (χ3n) is 10.0. The molecule has 8 rings (SSSR count). The van der Waals surface area contributed by atoms with Crippen LogP contribution >= 0.6 is 0 Å². The van der Waals surface area contributed by atoms with Crippen LogP contribution in [0, 0.1) is 6.92 Å². The van der Waals surface area contributed by atoms with Crippen LogP contribution in [0.2, 0.25) is 0 Å². The van der Waals surface area contributed by atoms with Crippen molar-refractivity contribution in [3.8, 4) is 33.4 Å². The summed E-state index contributed by atoms with van der Waals surface area (Å²) in [5.41, 5.74) is 18.1. The van der Waals surface area contributed by atoms with Gasteiger partial charge in [-0.3, -0.25) is 0 Å². The molecule has 44 heavy (non-hydrogen) atoms. The van der Waals surface area contributed by atoms with Crippen LogP contribution in [0.25, 0.3) is 33.4 Å². The van der Waals surface area contributed by atoms with Crippen LogP contribution in [0.4, 0.5) is 17.1 Å². The molecule has 0 saturated carbocycles. The normalized spacial score (nSPS) is 14.8. The van der Waals surface area contributed by atoms with Crippen molar-refractivity contribution in [3.05, 3.63) is 161 Å². The SMILES string of the molecule is Cc1cccc(N(c2ccc(-c3ccccc3)cc2)c2c3c(cc4c2C(C)(C)c2ccccc2-4)-c2ccccc2C3(C)C)c1. The third kappa shape index (κ3) is 3.78. The van der Waals surface area contributed by atoms with Gasteiger partial charge in [0.25, 0.3) is 0 Å². The van der Waals surface area contributed by atoms with Crippen LogP contribution in [-0.4, -0.2) is 0 Å². The van der Waals surface area contributed by atoms with E-state index in [0.29, 0.717) is 0 Å². The van der Waals surface area contributed by atoms with Crippen LogP contribution in [-0.2, 0) is 10.8 Å². The maximum atomic E-state index is 2.56. The Morgan fingerprint density at radius 3 is 1.52 bits per heavy atom. The molecule has 0 radical (unpaired) electrons. The lowest BCUT2D eigenvalue weighted by molar-refractivity contribution is 0.640. The van der Waals surface area contributed by atoms with Crippen molar-refractivity contribution in [2.45, 2.75) is 45.4 Å². The zero-order valence-electron chi connectivity index (χ0n) is 26.1. The second-order valence-corrected chi connectivity index (χ2v) is 13.5. The molecule has 1 heteroatoms. The Morgan fingerprint density at radius 1 is 0.432 bits per heavy atom. The molecule has 6 aromatic rings. The first-order valence-electron chi connectivity index (χ1n) is 15.7. The zero-order chi connectivity index (χ0) is 30.2. The van der Waals surface area contributed by atoms with Gasteiger partial charge in [0, 0.05) is 22.2 Å². The first-order valence-corrected chi connectivity index (χ1v) is 15.7. The fraction of sp³-hybridized carbons (Fsp3) is 0.163. The minimum absolute atomic E-state index is 0.173. The highest BCUT2D eigenvalue weighted by molar-refractivity contribution is 6.00. The van der Waals surface area contributed by atoms with E-state index in [0.717, 1.165) is 0 Å². The predicted molar refractivity (Wildman–Crippen MR) is 186 cm³/mol. The van der Waals surface area contributed by atoms with E-state index in [-0.39, 0.29) is 10.8 Å². The average Bonchev–Trinajstić information content (AvgIpc) is 3.42. The van der Waals surface area contributed by atoms with Crippen LogP contribution in [0.5, 0.6) is 0 Å². The number of aryl methyl sites for hydroxylation is 1. The highest BCUT2D eigenvalue weighted by Gasteiger charge is 2.46. The number of nitrogens with zero attached hydrogens (tertiary/aromatic N) is 1. The second kappa shape index (κ2) is 9.56. The highest BCUT2D eigenvalue weighted by atomic mass is 15.2. The molecule has 0 bridgehead atoms. The van der Waals surface area contributed by atoms with Crippen LogP contribution in [0.15, 0.2) is 133 Å². The Kier molecular flexibility index (Phi) is 5.81. The summed E-state index contributed by atoms with van der Waals surface area (Å²) in [7, 11) is 0. The quantitative estimate of drug-likeness (QED) is 0.205. The van der Waals surface area contributed by atoms with Gasteiger partial charge in [-0.25, -0.2) is 0 Å². The van der Waals surface area contributed by atoms with Gasteiger partial charge in [0.15, 0.2) is 0 Å². The zero-order valence-corrected chi connectivity index (χ0v) is 26.1. The standard InChI is InChI=1S/C43H37N/c1-28-14-13-17-32(26-28)44(31-24-22-30(23-25-31)29-15-7-6-8-16-29)41-39-35(33-18-9-11-20-37(33)42(39,2)3)27-36-34-19-10-12-21-38(34)43(4,5)40(36)41/h6-27H,1-5H3. The van der Waals surface area contributed by atoms with Crippen molar-refractivity contribution in [2.75, 3.05) is 4.90 Å². The second-order valence-electron chi connectivity index (χ2n) is 13.5. The molecule has 6 aromatic carbocycles. The number of hydrogen-bond donors (Lipinski definition) is 0. The topological polar surface area (TPSA) is 3.24 Å². The van der Waals surface area contributed by atoms with Crippen molar-refractivity contribution in [3.63, 3.8) is 0 Å². The van der Waals surface area contributed by atoms with Gasteiger partial charge in [0.1, 0.15) is 0 Å². The number of benzene rings is 6. The maximum Gasteiger partial charge on any atom is 0.0555 e. The van der Waals surface area contributed by atoms with E-state index in [9.17, 15) is 0 Å². The minimum atomic E-state index is -0.173. The predicted octanol–water partition coefficient (Wildman–Crippen LogP) is 11.7. The van der Waals surface area contributed by atoms with E-state index in [4.69, 9.17) is 0 Å². The molecule has 0 aromatic heterocycles. The Morgan fingerprint density at radius 2 is 0.955 bits per heavy atom. The molecule has 0 fully saturated rings. The van der Waals surface area contributed by atoms with E-state index in [1.165, 1.54) is 78.3 Å². The van der Waals surface area contributed by atoms with E-state index in [1.807, 2.05) is 0 Å². The van der Waals surface area contributed by atoms with Gasteiger partial charge < -0.3 is 4.90 Å². The largest absolute Gasteiger partial charge is 0.310 e. The summed E-state index contributed by atoms with van der Waals surface area (Å²) in [4.78, 5) is 2.56. The van der Waals surface area contributed by atoms with Crippen molar-refractivity contribution >= 4 is 17.1 Å². The fourth-order valence-corrected chi connectivity index (χ4v) is 7.99. The molecule has 0 spiro atoms. The summed E-state index contributed by atoms with van der Waals surface area (Å²) in [6, 6.07) is 49.4. The molecule has 0 N–H and O–H groups in total. The highest BCUT2D eigenvalue weighted by Crippen LogP contribution is 2.62. The number of fused-ring (bicyclic) bond motifs is 6. The van der Waals surface area contributed by atoms with Crippen molar-refractivity contribution < 1.29 is 0 Å². The van der Waals surface area contributed by atoms with Gasteiger partial charge in [0.2, 0.25) is 0 Å². The number of hydrogen-bond acceptors (Lipinski definition) is 1. The lowest BCUT2D eigenvalue weighted by Gasteiger charge is -2.37. The van der Waals surface area contributed by atoms with Gasteiger partial charge >= 0.3 is 0 Å². The Balaban J connectivity index is 1.48. The fourth-order valence-electron chi connectivity index (χ4n) is 7.99. The smallest absolute Gasteiger partial charge is 0.0555 e. The van der Waals surface area contributed by atoms with Crippen LogP contribution in [0.1, 0.15) is 55.5 Å². The van der Waals surface area contributed by atoms with Crippen molar-refractivity contribution in [1.29, 1.82) is 0 Å². The van der Waals surface area contributed by atoms with E-state index >= 15 is 0 Å². The third-order valence-corrected chi connectivity index (χ3v) is 10.0. The first kappa shape index (κ1) is 26.7. The monoisotopic (exact) mass is 567 g/mol. The van der Waals surface area contributed by atoms with Crippen LogP contribution in [0.3, 0.4) is 0 Å². The summed E-state index contributed by atoms with van der Waals surface area (Å²) in [6.45, 7) is 11.8. The lowest BCUT2D eigenvalue weighted by atomic mass is 9.75. The molecule has 1 nitrogen and oxygen atoms in total. The van der Waals surface area contributed by atoms with E-state index in [2.05, 4.69) is 173 Å². The van der Waals surface area contributed by atoms with Crippen molar-refractivity contribution in [1.82, 2.24) is 0 Å². The molecule has 214 valence electrons. The van der Waals surface area contributed by atoms with Crippen LogP contribution < -0.4 is 4.90 Å².